The van der Waals surface area contributed by atoms with Crippen molar-refractivity contribution in [3.8, 4) is 0 Å². The molecule has 0 radical (unpaired) electrons. The summed E-state index contributed by atoms with van der Waals surface area (Å²) in [6, 6.07) is 21.4. The number of hydrogen-bond donors (Lipinski definition) is 2. The number of carbonyl (C=O) groups excluding carboxylic acids is 2. The van der Waals surface area contributed by atoms with Crippen molar-refractivity contribution in [3.63, 3.8) is 0 Å². The van der Waals surface area contributed by atoms with E-state index < -0.39 is 0 Å². The SMILES string of the molecule is CCNC(=O)CNC(=O)CN1CCN(C(c2ccccc2)c2ccccc2)CC1. The van der Waals surface area contributed by atoms with Gasteiger partial charge in [-0.15, -0.1) is 0 Å². The molecule has 0 atom stereocenters. The highest BCUT2D eigenvalue weighted by molar-refractivity contribution is 5.85. The number of rotatable bonds is 8. The molecule has 0 unspecified atom stereocenters. The van der Waals surface area contributed by atoms with Crippen molar-refractivity contribution in [1.82, 2.24) is 20.4 Å². The molecule has 1 saturated heterocycles. The van der Waals surface area contributed by atoms with Crippen LogP contribution in [0.25, 0.3) is 0 Å². The van der Waals surface area contributed by atoms with Gasteiger partial charge >= 0.3 is 0 Å². The highest BCUT2D eigenvalue weighted by atomic mass is 16.2. The van der Waals surface area contributed by atoms with E-state index in [1.165, 1.54) is 11.1 Å². The molecule has 154 valence electrons. The summed E-state index contributed by atoms with van der Waals surface area (Å²) < 4.78 is 0. The average Bonchev–Trinajstić information content (AvgIpc) is 2.75. The Balaban J connectivity index is 1.56. The standard InChI is InChI=1S/C23H30N4O2/c1-2-24-21(28)17-25-22(29)18-26-13-15-27(16-14-26)23(19-9-5-3-6-10-19)20-11-7-4-8-12-20/h3-12,23H,2,13-18H2,1H3,(H,24,28)(H,25,29). The largest absolute Gasteiger partial charge is 0.355 e. The van der Waals surface area contributed by atoms with E-state index in [4.69, 9.17) is 0 Å². The number of benzene rings is 2. The van der Waals surface area contributed by atoms with Crippen LogP contribution in [0.2, 0.25) is 0 Å². The van der Waals surface area contributed by atoms with Crippen molar-refractivity contribution in [2.45, 2.75) is 13.0 Å². The Morgan fingerprint density at radius 3 is 1.90 bits per heavy atom. The molecule has 3 rings (SSSR count). The maximum atomic E-state index is 12.1. The number of piperazine rings is 1. The van der Waals surface area contributed by atoms with Gasteiger partial charge in [0.15, 0.2) is 0 Å². The van der Waals surface area contributed by atoms with E-state index in [0.29, 0.717) is 13.1 Å². The van der Waals surface area contributed by atoms with Crippen LogP contribution >= 0.6 is 0 Å². The quantitative estimate of drug-likeness (QED) is 0.715. The van der Waals surface area contributed by atoms with E-state index >= 15 is 0 Å². The molecule has 2 N–H and O–H groups in total. The normalized spacial score (nSPS) is 15.2. The van der Waals surface area contributed by atoms with E-state index in [-0.39, 0.29) is 24.4 Å². The van der Waals surface area contributed by atoms with Gasteiger partial charge in [0.2, 0.25) is 11.8 Å². The minimum absolute atomic E-state index is 0.0384. The van der Waals surface area contributed by atoms with E-state index in [1.807, 2.05) is 19.1 Å². The highest BCUT2D eigenvalue weighted by Crippen LogP contribution is 2.29. The fraction of sp³-hybridized carbons (Fsp3) is 0.391. The zero-order chi connectivity index (χ0) is 20.5. The van der Waals surface area contributed by atoms with Crippen molar-refractivity contribution in [3.05, 3.63) is 71.8 Å². The first kappa shape index (κ1) is 21.0. The lowest BCUT2D eigenvalue weighted by Crippen LogP contribution is -2.51. The lowest BCUT2D eigenvalue weighted by atomic mass is 9.96. The van der Waals surface area contributed by atoms with E-state index in [2.05, 4.69) is 69.0 Å². The van der Waals surface area contributed by atoms with Gasteiger partial charge in [0.1, 0.15) is 0 Å². The summed E-state index contributed by atoms with van der Waals surface area (Å²) >= 11 is 0. The summed E-state index contributed by atoms with van der Waals surface area (Å²) in [5.41, 5.74) is 2.57. The average molecular weight is 395 g/mol. The smallest absolute Gasteiger partial charge is 0.239 e. The zero-order valence-corrected chi connectivity index (χ0v) is 17.0. The predicted octanol–water partition coefficient (Wildman–Crippen LogP) is 1.65. The van der Waals surface area contributed by atoms with Crippen LogP contribution in [0.5, 0.6) is 0 Å². The topological polar surface area (TPSA) is 64.7 Å². The number of amides is 2. The second-order valence-electron chi connectivity index (χ2n) is 7.27. The van der Waals surface area contributed by atoms with E-state index in [1.54, 1.807) is 0 Å². The molecule has 29 heavy (non-hydrogen) atoms. The van der Waals surface area contributed by atoms with Crippen LogP contribution in [0, 0.1) is 0 Å². The molecule has 1 heterocycles. The third kappa shape index (κ3) is 6.14. The predicted molar refractivity (Wildman–Crippen MR) is 114 cm³/mol. The number of carbonyl (C=O) groups is 2. The van der Waals surface area contributed by atoms with Crippen molar-refractivity contribution in [2.24, 2.45) is 0 Å². The lowest BCUT2D eigenvalue weighted by molar-refractivity contribution is -0.127. The second-order valence-corrected chi connectivity index (χ2v) is 7.27. The molecule has 0 bridgehead atoms. The molecule has 0 aromatic heterocycles. The van der Waals surface area contributed by atoms with Crippen LogP contribution in [0.1, 0.15) is 24.1 Å². The molecule has 2 aromatic rings. The molecule has 0 spiro atoms. The van der Waals surface area contributed by atoms with Gasteiger partial charge in [0.25, 0.3) is 0 Å². The van der Waals surface area contributed by atoms with Gasteiger partial charge < -0.3 is 10.6 Å². The summed E-state index contributed by atoms with van der Waals surface area (Å²) in [4.78, 5) is 28.2. The number of likely N-dealkylation sites (N-methyl/N-ethyl adjacent to an activating group) is 1. The van der Waals surface area contributed by atoms with Gasteiger partial charge in [-0.1, -0.05) is 60.7 Å². The Morgan fingerprint density at radius 2 is 1.38 bits per heavy atom. The Labute approximate surface area is 172 Å². The molecule has 2 aromatic carbocycles. The summed E-state index contributed by atoms with van der Waals surface area (Å²) in [5.74, 6) is -0.258. The first-order valence-corrected chi connectivity index (χ1v) is 10.3. The Hall–Kier alpha value is -2.70. The minimum Gasteiger partial charge on any atom is -0.355 e. The Kier molecular flexibility index (Phi) is 7.78. The van der Waals surface area contributed by atoms with Gasteiger partial charge in [0.05, 0.1) is 19.1 Å². The Bertz CT molecular complexity index is 734. The second kappa shape index (κ2) is 10.7. The van der Waals surface area contributed by atoms with Crippen LogP contribution in [-0.2, 0) is 9.59 Å². The zero-order valence-electron chi connectivity index (χ0n) is 17.0. The molecular formula is C23H30N4O2. The molecular weight excluding hydrogens is 364 g/mol. The molecule has 1 aliphatic heterocycles. The maximum Gasteiger partial charge on any atom is 0.239 e. The molecule has 6 heteroatoms. The molecule has 1 aliphatic rings. The van der Waals surface area contributed by atoms with Gasteiger partial charge in [-0.3, -0.25) is 19.4 Å². The number of hydrogen-bond acceptors (Lipinski definition) is 4. The highest BCUT2D eigenvalue weighted by Gasteiger charge is 2.26. The third-order valence-electron chi connectivity index (χ3n) is 5.19. The van der Waals surface area contributed by atoms with Crippen LogP contribution in [0.15, 0.2) is 60.7 Å². The van der Waals surface area contributed by atoms with Crippen molar-refractivity contribution in [2.75, 3.05) is 45.8 Å². The monoisotopic (exact) mass is 394 g/mol. The van der Waals surface area contributed by atoms with E-state index in [0.717, 1.165) is 26.2 Å². The van der Waals surface area contributed by atoms with Gasteiger partial charge in [0, 0.05) is 32.7 Å². The number of nitrogens with one attached hydrogen (secondary N) is 2. The summed E-state index contributed by atoms with van der Waals surface area (Å²) in [6.45, 7) is 6.22. The fourth-order valence-corrected chi connectivity index (χ4v) is 3.76. The summed E-state index contributed by atoms with van der Waals surface area (Å²) in [6.07, 6.45) is 0. The third-order valence-corrected chi connectivity index (χ3v) is 5.19. The van der Waals surface area contributed by atoms with Crippen LogP contribution in [0.3, 0.4) is 0 Å². The molecule has 2 amide bonds. The van der Waals surface area contributed by atoms with Gasteiger partial charge in [-0.05, 0) is 18.1 Å². The van der Waals surface area contributed by atoms with Gasteiger partial charge in [-0.25, -0.2) is 0 Å². The molecule has 0 aliphatic carbocycles. The lowest BCUT2D eigenvalue weighted by Gasteiger charge is -2.39. The van der Waals surface area contributed by atoms with Crippen LogP contribution in [0.4, 0.5) is 0 Å². The molecule has 0 saturated carbocycles. The van der Waals surface area contributed by atoms with Crippen LogP contribution < -0.4 is 10.6 Å². The molecule has 1 fully saturated rings. The first-order valence-electron chi connectivity index (χ1n) is 10.3. The van der Waals surface area contributed by atoms with E-state index in [9.17, 15) is 9.59 Å². The van der Waals surface area contributed by atoms with Crippen molar-refractivity contribution in [1.29, 1.82) is 0 Å². The molecule has 6 nitrogen and oxygen atoms in total. The first-order chi connectivity index (χ1) is 14.2. The van der Waals surface area contributed by atoms with Crippen molar-refractivity contribution >= 4 is 11.8 Å². The summed E-state index contributed by atoms with van der Waals surface area (Å²) in [5, 5.41) is 5.37. The fourth-order valence-electron chi connectivity index (χ4n) is 3.76. The maximum absolute atomic E-state index is 12.1. The Morgan fingerprint density at radius 1 is 0.828 bits per heavy atom. The summed E-state index contributed by atoms with van der Waals surface area (Å²) in [7, 11) is 0. The van der Waals surface area contributed by atoms with Crippen molar-refractivity contribution < 1.29 is 9.59 Å². The van der Waals surface area contributed by atoms with Crippen LogP contribution in [-0.4, -0.2) is 67.4 Å². The van der Waals surface area contributed by atoms with Gasteiger partial charge in [-0.2, -0.15) is 0 Å². The number of nitrogens with zero attached hydrogens (tertiary/aromatic N) is 2. The minimum atomic E-state index is -0.153.